The summed E-state index contributed by atoms with van der Waals surface area (Å²) in [4.78, 5) is 14.1. The van der Waals surface area contributed by atoms with Crippen molar-refractivity contribution in [3.05, 3.63) is 35.8 Å². The number of fused-ring (bicyclic) bond motifs is 1. The van der Waals surface area contributed by atoms with Crippen molar-refractivity contribution < 1.29 is 9.21 Å². The van der Waals surface area contributed by atoms with Crippen LogP contribution in [0.5, 0.6) is 0 Å². The zero-order valence-electron chi connectivity index (χ0n) is 13.5. The van der Waals surface area contributed by atoms with E-state index >= 15 is 0 Å². The van der Waals surface area contributed by atoms with E-state index < -0.39 is 0 Å². The van der Waals surface area contributed by atoms with Crippen LogP contribution < -0.4 is 5.32 Å². The summed E-state index contributed by atoms with van der Waals surface area (Å²) >= 11 is 0. The molecule has 7 nitrogen and oxygen atoms in total. The molecule has 1 aliphatic rings. The third-order valence-electron chi connectivity index (χ3n) is 4.18. The molecule has 3 rings (SSSR count). The molecule has 0 spiro atoms. The van der Waals surface area contributed by atoms with E-state index in [1.807, 2.05) is 19.1 Å². The van der Waals surface area contributed by atoms with Gasteiger partial charge in [-0.3, -0.25) is 0 Å². The lowest BCUT2D eigenvalue weighted by atomic mass is 10.2. The highest BCUT2D eigenvalue weighted by Crippen LogP contribution is 2.14. The summed E-state index contributed by atoms with van der Waals surface area (Å²) in [6.07, 6.45) is 6.12. The molecular weight excluding hydrogens is 294 g/mol. The third-order valence-corrected chi connectivity index (χ3v) is 4.18. The van der Waals surface area contributed by atoms with Crippen LogP contribution in [0.15, 0.2) is 22.8 Å². The number of hydrogen-bond acceptors (Lipinski definition) is 4. The lowest BCUT2D eigenvalue weighted by molar-refractivity contribution is 0.192. The van der Waals surface area contributed by atoms with Crippen LogP contribution in [0.1, 0.15) is 43.6 Å². The number of nitrogens with one attached hydrogen (secondary N) is 1. The van der Waals surface area contributed by atoms with Gasteiger partial charge >= 0.3 is 6.03 Å². The maximum atomic E-state index is 12.3. The van der Waals surface area contributed by atoms with Gasteiger partial charge in [-0.15, -0.1) is 10.2 Å². The zero-order chi connectivity index (χ0) is 16.1. The molecule has 2 aromatic rings. The number of nitrogens with zero attached hydrogens (tertiary/aromatic N) is 4. The lowest BCUT2D eigenvalue weighted by Crippen LogP contribution is -2.39. The summed E-state index contributed by atoms with van der Waals surface area (Å²) in [6.45, 7) is 4.38. The first-order valence-electron chi connectivity index (χ1n) is 8.24. The van der Waals surface area contributed by atoms with Gasteiger partial charge in [0.05, 0.1) is 19.4 Å². The van der Waals surface area contributed by atoms with Crippen LogP contribution in [0.4, 0.5) is 4.79 Å². The first-order valence-corrected chi connectivity index (χ1v) is 8.24. The quantitative estimate of drug-likeness (QED) is 0.918. The number of carbonyl (C=O) groups is 1. The summed E-state index contributed by atoms with van der Waals surface area (Å²) in [7, 11) is 0. The van der Waals surface area contributed by atoms with E-state index in [0.717, 1.165) is 43.2 Å². The van der Waals surface area contributed by atoms with Crippen LogP contribution in [0.3, 0.4) is 0 Å². The lowest BCUT2D eigenvalue weighted by Gasteiger charge is -2.20. The van der Waals surface area contributed by atoms with Gasteiger partial charge in [0.2, 0.25) is 0 Å². The van der Waals surface area contributed by atoms with Crippen LogP contribution in [0, 0.1) is 0 Å². The molecule has 0 aliphatic carbocycles. The van der Waals surface area contributed by atoms with E-state index in [1.54, 1.807) is 11.2 Å². The molecule has 0 fully saturated rings. The fourth-order valence-electron chi connectivity index (χ4n) is 2.86. The van der Waals surface area contributed by atoms with Gasteiger partial charge < -0.3 is 19.2 Å². The third kappa shape index (κ3) is 3.72. The largest absolute Gasteiger partial charge is 0.467 e. The summed E-state index contributed by atoms with van der Waals surface area (Å²) < 4.78 is 7.46. The average molecular weight is 317 g/mol. The standard InChI is InChI=1S/C16H23N5O2/c1-2-20(12-13-7-6-10-23-13)16(22)17-11-15-19-18-14-8-4-3-5-9-21(14)15/h6-7,10H,2-5,8-9,11-12H2,1H3,(H,17,22). The Kier molecular flexibility index (Phi) is 4.95. The molecule has 0 aromatic carbocycles. The Balaban J connectivity index is 1.59. The Morgan fingerprint density at radius 1 is 1.39 bits per heavy atom. The molecule has 0 unspecified atom stereocenters. The Morgan fingerprint density at radius 3 is 3.09 bits per heavy atom. The smallest absolute Gasteiger partial charge is 0.318 e. The molecule has 0 bridgehead atoms. The SMILES string of the molecule is CCN(Cc1ccco1)C(=O)NCc1nnc2n1CCCCC2. The second-order valence-corrected chi connectivity index (χ2v) is 5.75. The van der Waals surface area contributed by atoms with Crippen LogP contribution in [0.25, 0.3) is 0 Å². The number of carbonyl (C=O) groups excluding carboxylic acids is 1. The van der Waals surface area contributed by atoms with E-state index in [0.29, 0.717) is 19.6 Å². The van der Waals surface area contributed by atoms with E-state index in [2.05, 4.69) is 20.1 Å². The van der Waals surface area contributed by atoms with Gasteiger partial charge in [0.1, 0.15) is 11.6 Å². The van der Waals surface area contributed by atoms with Gasteiger partial charge in [-0.2, -0.15) is 0 Å². The first-order chi connectivity index (χ1) is 11.3. The molecular formula is C16H23N5O2. The molecule has 1 N–H and O–H groups in total. The molecule has 23 heavy (non-hydrogen) atoms. The maximum absolute atomic E-state index is 12.3. The fraction of sp³-hybridized carbons (Fsp3) is 0.562. The highest BCUT2D eigenvalue weighted by molar-refractivity contribution is 5.73. The molecule has 124 valence electrons. The van der Waals surface area contributed by atoms with E-state index in [-0.39, 0.29) is 6.03 Å². The van der Waals surface area contributed by atoms with Crippen LogP contribution in [-0.2, 0) is 26.1 Å². The minimum Gasteiger partial charge on any atom is -0.467 e. The summed E-state index contributed by atoms with van der Waals surface area (Å²) in [5.74, 6) is 2.65. The highest BCUT2D eigenvalue weighted by atomic mass is 16.3. The van der Waals surface area contributed by atoms with Crippen molar-refractivity contribution in [2.45, 2.75) is 52.2 Å². The number of amides is 2. The van der Waals surface area contributed by atoms with Gasteiger partial charge in [-0.1, -0.05) is 6.42 Å². The Bertz CT molecular complexity index is 635. The molecule has 3 heterocycles. The summed E-state index contributed by atoms with van der Waals surface area (Å²) in [5.41, 5.74) is 0. The minimum absolute atomic E-state index is 0.116. The Labute approximate surface area is 135 Å². The molecule has 0 atom stereocenters. The number of urea groups is 1. The van der Waals surface area contributed by atoms with Crippen molar-refractivity contribution in [3.8, 4) is 0 Å². The number of furan rings is 1. The monoisotopic (exact) mass is 317 g/mol. The second-order valence-electron chi connectivity index (χ2n) is 5.75. The molecule has 0 radical (unpaired) electrons. The zero-order valence-corrected chi connectivity index (χ0v) is 13.5. The van der Waals surface area contributed by atoms with E-state index in [9.17, 15) is 4.79 Å². The fourth-order valence-corrected chi connectivity index (χ4v) is 2.86. The number of aryl methyl sites for hydroxylation is 1. The topological polar surface area (TPSA) is 76.2 Å². The molecule has 1 aliphatic heterocycles. The molecule has 0 saturated carbocycles. The van der Waals surface area contributed by atoms with Gasteiger partial charge in [-0.25, -0.2) is 4.79 Å². The Hall–Kier alpha value is -2.31. The molecule has 7 heteroatoms. The number of hydrogen-bond donors (Lipinski definition) is 1. The summed E-state index contributed by atoms with van der Waals surface area (Å²) in [5, 5.41) is 11.4. The van der Waals surface area contributed by atoms with Crippen LogP contribution >= 0.6 is 0 Å². The molecule has 2 amide bonds. The predicted molar refractivity (Wildman–Crippen MR) is 84.6 cm³/mol. The predicted octanol–water partition coefficient (Wildman–Crippen LogP) is 2.33. The first kappa shape index (κ1) is 15.6. The van der Waals surface area contributed by atoms with Crippen LogP contribution in [0.2, 0.25) is 0 Å². The Morgan fingerprint density at radius 2 is 2.30 bits per heavy atom. The van der Waals surface area contributed by atoms with Crippen LogP contribution in [-0.4, -0.2) is 32.2 Å². The van der Waals surface area contributed by atoms with Gasteiger partial charge in [0.25, 0.3) is 0 Å². The van der Waals surface area contributed by atoms with Gasteiger partial charge in [0, 0.05) is 19.5 Å². The van der Waals surface area contributed by atoms with Crippen molar-refractivity contribution in [2.75, 3.05) is 6.54 Å². The van der Waals surface area contributed by atoms with Crippen molar-refractivity contribution in [1.82, 2.24) is 25.0 Å². The summed E-state index contributed by atoms with van der Waals surface area (Å²) in [6, 6.07) is 3.58. The van der Waals surface area contributed by atoms with Gasteiger partial charge in [-0.05, 0) is 31.9 Å². The van der Waals surface area contributed by atoms with Crippen molar-refractivity contribution >= 4 is 6.03 Å². The van der Waals surface area contributed by atoms with Crippen molar-refractivity contribution in [2.24, 2.45) is 0 Å². The molecule has 2 aromatic heterocycles. The molecule has 0 saturated heterocycles. The minimum atomic E-state index is -0.116. The van der Waals surface area contributed by atoms with Crippen molar-refractivity contribution in [1.29, 1.82) is 0 Å². The maximum Gasteiger partial charge on any atom is 0.318 e. The van der Waals surface area contributed by atoms with Gasteiger partial charge in [0.15, 0.2) is 5.82 Å². The van der Waals surface area contributed by atoms with Crippen molar-refractivity contribution in [3.63, 3.8) is 0 Å². The number of rotatable bonds is 5. The normalized spacial score (nSPS) is 14.1. The number of aromatic nitrogens is 3. The van der Waals surface area contributed by atoms with E-state index in [4.69, 9.17) is 4.42 Å². The van der Waals surface area contributed by atoms with E-state index in [1.165, 1.54) is 6.42 Å². The second kappa shape index (κ2) is 7.30. The highest BCUT2D eigenvalue weighted by Gasteiger charge is 2.17. The average Bonchev–Trinajstić information content (AvgIpc) is 3.15.